The number of thiocarbonyl (C=S) groups is 1. The molecule has 1 aromatic rings. The highest BCUT2D eigenvalue weighted by molar-refractivity contribution is 7.78. The van der Waals surface area contributed by atoms with Gasteiger partial charge in [-0.1, -0.05) is 12.2 Å². The van der Waals surface area contributed by atoms with Crippen molar-refractivity contribution in [3.05, 3.63) is 23.3 Å². The fourth-order valence-electron chi connectivity index (χ4n) is 3.35. The maximum atomic E-state index is 13.3. The standard InChI is InChI=1S/C17H18F7NO2S/c18-15(19)26-13-8-11(17(22,23)24)14(27-16(20)21)7-10(13)9(3-2-6-28)12-4-1-5-25-12/h6-9,12,15-16,25H,1-5H2/t9-,12?/m1/s1. The first kappa shape index (κ1) is 22.7. The Morgan fingerprint density at radius 3 is 2.25 bits per heavy atom. The first-order valence-corrected chi connectivity index (χ1v) is 8.92. The summed E-state index contributed by atoms with van der Waals surface area (Å²) in [6, 6.07) is 0.769. The van der Waals surface area contributed by atoms with Gasteiger partial charge in [0.05, 0.1) is 0 Å². The second-order valence-electron chi connectivity index (χ2n) is 6.19. The number of ether oxygens (including phenoxy) is 2. The number of rotatable bonds is 9. The molecule has 2 rings (SSSR count). The van der Waals surface area contributed by atoms with Crippen molar-refractivity contribution in [3.63, 3.8) is 0 Å². The maximum Gasteiger partial charge on any atom is 0.420 e. The van der Waals surface area contributed by atoms with Crippen molar-refractivity contribution in [2.24, 2.45) is 0 Å². The Bertz CT molecular complexity index is 664. The topological polar surface area (TPSA) is 30.5 Å². The highest BCUT2D eigenvalue weighted by Gasteiger charge is 2.38. The minimum Gasteiger partial charge on any atom is -0.435 e. The van der Waals surface area contributed by atoms with Crippen molar-refractivity contribution < 1.29 is 40.2 Å². The van der Waals surface area contributed by atoms with Gasteiger partial charge >= 0.3 is 19.4 Å². The SMILES string of the molecule is FC(F)Oc1cc(C(F)(F)F)c(OC(F)F)cc1[C@@H](CCC=S)C1CCCN1. The molecular formula is C17H18F7NO2S. The molecule has 1 aliphatic heterocycles. The van der Waals surface area contributed by atoms with Crippen LogP contribution >= 0.6 is 12.2 Å². The van der Waals surface area contributed by atoms with E-state index >= 15 is 0 Å². The number of nitrogens with one attached hydrogen (secondary N) is 1. The average Bonchev–Trinajstić information content (AvgIpc) is 3.09. The Kier molecular flexibility index (Phi) is 7.87. The van der Waals surface area contributed by atoms with E-state index in [1.165, 1.54) is 5.37 Å². The van der Waals surface area contributed by atoms with Crippen LogP contribution in [0.15, 0.2) is 12.1 Å². The lowest BCUT2D eigenvalue weighted by molar-refractivity contribution is -0.142. The van der Waals surface area contributed by atoms with Crippen LogP contribution in [0.4, 0.5) is 30.7 Å². The Labute approximate surface area is 162 Å². The molecule has 1 saturated heterocycles. The molecule has 0 amide bonds. The van der Waals surface area contributed by atoms with E-state index < -0.39 is 42.4 Å². The van der Waals surface area contributed by atoms with Gasteiger partial charge in [-0.05, 0) is 49.7 Å². The number of hydrogen-bond donors (Lipinski definition) is 1. The zero-order chi connectivity index (χ0) is 20.9. The van der Waals surface area contributed by atoms with Crippen molar-refractivity contribution in [1.29, 1.82) is 0 Å². The summed E-state index contributed by atoms with van der Waals surface area (Å²) in [5.74, 6) is -2.42. The third-order valence-corrected chi connectivity index (χ3v) is 4.66. The lowest BCUT2D eigenvalue weighted by Crippen LogP contribution is -2.30. The molecule has 0 spiro atoms. The second-order valence-corrected chi connectivity index (χ2v) is 6.53. The lowest BCUT2D eigenvalue weighted by atomic mass is 9.85. The molecule has 0 saturated carbocycles. The Hall–Kier alpha value is -1.62. The van der Waals surface area contributed by atoms with Crippen LogP contribution in [0.2, 0.25) is 0 Å². The molecule has 0 aromatic heterocycles. The Morgan fingerprint density at radius 2 is 1.75 bits per heavy atom. The van der Waals surface area contributed by atoms with E-state index in [1.54, 1.807) is 0 Å². The van der Waals surface area contributed by atoms with Crippen LogP contribution in [0.25, 0.3) is 0 Å². The molecule has 3 nitrogen and oxygen atoms in total. The van der Waals surface area contributed by atoms with Crippen LogP contribution in [0, 0.1) is 0 Å². The highest BCUT2D eigenvalue weighted by Crippen LogP contribution is 2.45. The van der Waals surface area contributed by atoms with Crippen molar-refractivity contribution >= 4 is 17.6 Å². The molecule has 1 N–H and O–H groups in total. The molecule has 28 heavy (non-hydrogen) atoms. The van der Waals surface area contributed by atoms with Crippen molar-refractivity contribution in [3.8, 4) is 11.5 Å². The van der Waals surface area contributed by atoms with Gasteiger partial charge < -0.3 is 14.8 Å². The predicted molar refractivity (Wildman–Crippen MR) is 91.4 cm³/mol. The average molecular weight is 433 g/mol. The number of benzene rings is 1. The molecular weight excluding hydrogens is 415 g/mol. The summed E-state index contributed by atoms with van der Waals surface area (Å²) in [7, 11) is 0. The molecule has 158 valence electrons. The van der Waals surface area contributed by atoms with E-state index in [0.717, 1.165) is 12.5 Å². The summed E-state index contributed by atoms with van der Waals surface area (Å²) >= 11 is 4.78. The van der Waals surface area contributed by atoms with Gasteiger partial charge in [-0.2, -0.15) is 30.7 Å². The summed E-state index contributed by atoms with van der Waals surface area (Å²) in [6.07, 6.45) is -2.98. The monoisotopic (exact) mass is 433 g/mol. The van der Waals surface area contributed by atoms with E-state index in [9.17, 15) is 30.7 Å². The molecule has 0 aliphatic carbocycles. The van der Waals surface area contributed by atoms with E-state index in [-0.39, 0.29) is 11.6 Å². The molecule has 1 fully saturated rings. The zero-order valence-corrected chi connectivity index (χ0v) is 15.3. The van der Waals surface area contributed by atoms with Crippen LogP contribution in [-0.2, 0) is 6.18 Å². The van der Waals surface area contributed by atoms with Gasteiger partial charge in [0, 0.05) is 17.5 Å². The van der Waals surface area contributed by atoms with Gasteiger partial charge in [-0.15, -0.1) is 0 Å². The minimum absolute atomic E-state index is 0.0554. The number of alkyl halides is 7. The Morgan fingerprint density at radius 1 is 1.11 bits per heavy atom. The quantitative estimate of drug-likeness (QED) is 0.410. The van der Waals surface area contributed by atoms with Crippen molar-refractivity contribution in [2.45, 2.75) is 57.0 Å². The fourth-order valence-corrected chi connectivity index (χ4v) is 3.49. The van der Waals surface area contributed by atoms with E-state index in [2.05, 4.69) is 14.8 Å². The maximum absolute atomic E-state index is 13.3. The molecule has 1 unspecified atom stereocenters. The van der Waals surface area contributed by atoms with Crippen LogP contribution in [-0.4, -0.2) is 31.2 Å². The van der Waals surface area contributed by atoms with Gasteiger partial charge in [0.1, 0.15) is 17.1 Å². The van der Waals surface area contributed by atoms with E-state index in [4.69, 9.17) is 12.2 Å². The van der Waals surface area contributed by atoms with Crippen molar-refractivity contribution in [1.82, 2.24) is 5.32 Å². The summed E-state index contributed by atoms with van der Waals surface area (Å²) < 4.78 is 99.1. The third-order valence-electron chi connectivity index (χ3n) is 4.43. The summed E-state index contributed by atoms with van der Waals surface area (Å²) in [4.78, 5) is 0. The molecule has 0 radical (unpaired) electrons. The van der Waals surface area contributed by atoms with Gasteiger partial charge in [0.2, 0.25) is 0 Å². The van der Waals surface area contributed by atoms with E-state index in [0.29, 0.717) is 31.9 Å². The number of halogens is 7. The summed E-state index contributed by atoms with van der Waals surface area (Å²) in [5.41, 5.74) is -1.67. The summed E-state index contributed by atoms with van der Waals surface area (Å²) in [5, 5.41) is 4.56. The zero-order valence-electron chi connectivity index (χ0n) is 14.4. The molecule has 0 bridgehead atoms. The first-order chi connectivity index (χ1) is 13.1. The van der Waals surface area contributed by atoms with Crippen LogP contribution in [0.5, 0.6) is 11.5 Å². The smallest absolute Gasteiger partial charge is 0.420 e. The lowest BCUT2D eigenvalue weighted by Gasteiger charge is -2.27. The van der Waals surface area contributed by atoms with Crippen molar-refractivity contribution in [2.75, 3.05) is 6.54 Å². The van der Waals surface area contributed by atoms with Crippen LogP contribution < -0.4 is 14.8 Å². The molecule has 2 atom stereocenters. The molecule has 11 heteroatoms. The van der Waals surface area contributed by atoms with Gasteiger partial charge in [0.25, 0.3) is 0 Å². The number of hydrogen-bond acceptors (Lipinski definition) is 4. The Balaban J connectivity index is 2.60. The van der Waals surface area contributed by atoms with E-state index in [1.807, 2.05) is 0 Å². The van der Waals surface area contributed by atoms with Gasteiger partial charge in [0.15, 0.2) is 0 Å². The largest absolute Gasteiger partial charge is 0.435 e. The second kappa shape index (κ2) is 9.73. The summed E-state index contributed by atoms with van der Waals surface area (Å²) in [6.45, 7) is -6.26. The van der Waals surface area contributed by atoms with Gasteiger partial charge in [-0.3, -0.25) is 0 Å². The molecule has 1 aliphatic rings. The third kappa shape index (κ3) is 5.94. The first-order valence-electron chi connectivity index (χ1n) is 8.45. The fraction of sp³-hybridized carbons (Fsp3) is 0.588. The normalized spacial score (nSPS) is 18.5. The molecule has 1 aromatic carbocycles. The van der Waals surface area contributed by atoms with Crippen LogP contribution in [0.3, 0.4) is 0 Å². The predicted octanol–water partition coefficient (Wildman–Crippen LogP) is 5.52. The minimum atomic E-state index is -5.10. The van der Waals surface area contributed by atoms with Crippen LogP contribution in [0.1, 0.15) is 42.7 Å². The molecule has 1 heterocycles. The van der Waals surface area contributed by atoms with Gasteiger partial charge in [-0.25, -0.2) is 0 Å². The highest BCUT2D eigenvalue weighted by atomic mass is 32.1.